The molecule has 1 amide bonds. The fraction of sp³-hybridized carbons (Fsp3) is 0.286. The molecule has 1 N–H and O–H groups in total. The van der Waals surface area contributed by atoms with Crippen molar-refractivity contribution >= 4 is 34.5 Å². The molecule has 1 aliphatic rings. The van der Waals surface area contributed by atoms with Crippen molar-refractivity contribution in [1.82, 2.24) is 20.0 Å². The summed E-state index contributed by atoms with van der Waals surface area (Å²) in [6, 6.07) is 14.1. The highest BCUT2D eigenvalue weighted by Gasteiger charge is 2.21. The molecule has 0 radical (unpaired) electrons. The molecule has 1 aliphatic heterocycles. The Hall–Kier alpha value is -2.39. The van der Waals surface area contributed by atoms with E-state index < -0.39 is 0 Å². The minimum Gasteiger partial charge on any atom is -0.320 e. The summed E-state index contributed by atoms with van der Waals surface area (Å²) in [4.78, 5) is 16.8. The standard InChI is InChI=1S/C21H21ClFN5OS/c22-17-7-4-8-18(23)16(17)13-27-9-11-28(12-10-27)14-19-25-26-21(30-19)20(29)24-15-5-2-1-3-6-15/h1-8H,9-14H2,(H,24,29). The van der Waals surface area contributed by atoms with E-state index >= 15 is 0 Å². The highest BCUT2D eigenvalue weighted by molar-refractivity contribution is 7.13. The second-order valence-corrected chi connectivity index (χ2v) is 8.54. The fourth-order valence-corrected chi connectivity index (χ4v) is 4.32. The lowest BCUT2D eigenvalue weighted by atomic mass is 10.2. The first-order chi connectivity index (χ1) is 14.6. The number of carbonyl (C=O) groups excluding carboxylic acids is 1. The lowest BCUT2D eigenvalue weighted by Gasteiger charge is -2.34. The van der Waals surface area contributed by atoms with Crippen molar-refractivity contribution < 1.29 is 9.18 Å². The minimum atomic E-state index is -0.264. The molecule has 0 atom stereocenters. The van der Waals surface area contributed by atoms with Crippen molar-refractivity contribution in [3.63, 3.8) is 0 Å². The van der Waals surface area contributed by atoms with E-state index in [4.69, 9.17) is 11.6 Å². The Morgan fingerprint density at radius 2 is 1.70 bits per heavy atom. The van der Waals surface area contributed by atoms with Crippen LogP contribution in [-0.2, 0) is 13.1 Å². The number of rotatable bonds is 6. The molecule has 2 aromatic carbocycles. The molecule has 0 bridgehead atoms. The number of benzene rings is 2. The Morgan fingerprint density at radius 3 is 2.40 bits per heavy atom. The van der Waals surface area contributed by atoms with Crippen LogP contribution in [0.1, 0.15) is 20.4 Å². The summed E-state index contributed by atoms with van der Waals surface area (Å²) in [6.45, 7) is 4.43. The van der Waals surface area contributed by atoms with Crippen molar-refractivity contribution in [2.24, 2.45) is 0 Å². The monoisotopic (exact) mass is 445 g/mol. The Morgan fingerprint density at radius 1 is 1.00 bits per heavy atom. The minimum absolute atomic E-state index is 0.253. The van der Waals surface area contributed by atoms with Crippen LogP contribution in [0.2, 0.25) is 5.02 Å². The molecular formula is C21H21ClFN5OS. The fourth-order valence-electron chi connectivity index (χ4n) is 3.32. The number of hydrogen-bond acceptors (Lipinski definition) is 6. The van der Waals surface area contributed by atoms with E-state index in [1.165, 1.54) is 17.4 Å². The van der Waals surface area contributed by atoms with Gasteiger partial charge in [-0.3, -0.25) is 14.6 Å². The van der Waals surface area contributed by atoms with E-state index in [-0.39, 0.29) is 11.7 Å². The molecule has 156 valence electrons. The molecule has 2 heterocycles. The van der Waals surface area contributed by atoms with E-state index in [9.17, 15) is 9.18 Å². The topological polar surface area (TPSA) is 61.4 Å². The van der Waals surface area contributed by atoms with Gasteiger partial charge in [-0.05, 0) is 24.3 Å². The third kappa shape index (κ3) is 5.20. The lowest BCUT2D eigenvalue weighted by Crippen LogP contribution is -2.45. The average molecular weight is 446 g/mol. The highest BCUT2D eigenvalue weighted by Crippen LogP contribution is 2.22. The van der Waals surface area contributed by atoms with Crippen molar-refractivity contribution in [3.05, 3.63) is 74.9 Å². The molecule has 3 aromatic rings. The first-order valence-electron chi connectivity index (χ1n) is 9.65. The van der Waals surface area contributed by atoms with Gasteiger partial charge in [0, 0.05) is 49.0 Å². The predicted octanol–water partition coefficient (Wildman–Crippen LogP) is 3.90. The average Bonchev–Trinajstić information content (AvgIpc) is 3.21. The molecule has 0 aliphatic carbocycles. The van der Waals surface area contributed by atoms with Gasteiger partial charge in [0.25, 0.3) is 5.91 Å². The van der Waals surface area contributed by atoms with Crippen molar-refractivity contribution in [2.75, 3.05) is 31.5 Å². The number of carbonyl (C=O) groups is 1. The van der Waals surface area contributed by atoms with Gasteiger partial charge in [-0.2, -0.15) is 0 Å². The number of anilines is 1. The number of aromatic nitrogens is 2. The van der Waals surface area contributed by atoms with Gasteiger partial charge in [0.05, 0.1) is 6.54 Å². The number of piperazine rings is 1. The van der Waals surface area contributed by atoms with Crippen LogP contribution in [0.5, 0.6) is 0 Å². The summed E-state index contributed by atoms with van der Waals surface area (Å²) in [5, 5.41) is 12.6. The summed E-state index contributed by atoms with van der Waals surface area (Å²) in [7, 11) is 0. The zero-order valence-corrected chi connectivity index (χ0v) is 17.8. The van der Waals surface area contributed by atoms with Crippen LogP contribution in [0.3, 0.4) is 0 Å². The predicted molar refractivity (Wildman–Crippen MR) is 116 cm³/mol. The number of amides is 1. The number of nitrogens with zero attached hydrogens (tertiary/aromatic N) is 4. The molecule has 0 spiro atoms. The molecule has 1 fully saturated rings. The van der Waals surface area contributed by atoms with Gasteiger partial charge < -0.3 is 5.32 Å². The summed E-state index contributed by atoms with van der Waals surface area (Å²) >= 11 is 7.44. The van der Waals surface area contributed by atoms with Crippen LogP contribution in [0.15, 0.2) is 48.5 Å². The first kappa shape index (κ1) is 20.9. The number of halogens is 2. The quantitative estimate of drug-likeness (QED) is 0.623. The van der Waals surface area contributed by atoms with Gasteiger partial charge in [-0.1, -0.05) is 47.2 Å². The van der Waals surface area contributed by atoms with Gasteiger partial charge >= 0.3 is 0 Å². The van der Waals surface area contributed by atoms with Crippen molar-refractivity contribution in [1.29, 1.82) is 0 Å². The van der Waals surface area contributed by atoms with Crippen LogP contribution in [0.4, 0.5) is 10.1 Å². The molecule has 30 heavy (non-hydrogen) atoms. The summed E-state index contributed by atoms with van der Waals surface area (Å²) in [6.07, 6.45) is 0. The normalized spacial score (nSPS) is 15.3. The summed E-state index contributed by atoms with van der Waals surface area (Å²) < 4.78 is 14.0. The zero-order chi connectivity index (χ0) is 20.9. The van der Waals surface area contributed by atoms with Gasteiger partial charge in [0.1, 0.15) is 10.8 Å². The molecular weight excluding hydrogens is 425 g/mol. The Balaban J connectivity index is 1.28. The smallest absolute Gasteiger partial charge is 0.286 e. The molecule has 1 saturated heterocycles. The van der Waals surface area contributed by atoms with E-state index in [0.29, 0.717) is 28.7 Å². The molecule has 4 rings (SSSR count). The van der Waals surface area contributed by atoms with Crippen LogP contribution in [-0.4, -0.2) is 52.1 Å². The Kier molecular flexibility index (Phi) is 6.69. The van der Waals surface area contributed by atoms with Crippen LogP contribution in [0, 0.1) is 5.82 Å². The number of nitrogens with one attached hydrogen (secondary N) is 1. The largest absolute Gasteiger partial charge is 0.320 e. The van der Waals surface area contributed by atoms with Gasteiger partial charge in [0.15, 0.2) is 0 Å². The highest BCUT2D eigenvalue weighted by atomic mass is 35.5. The van der Waals surface area contributed by atoms with Crippen molar-refractivity contribution in [2.45, 2.75) is 13.1 Å². The number of para-hydroxylation sites is 1. The molecule has 0 unspecified atom stereocenters. The second-order valence-electron chi connectivity index (χ2n) is 7.07. The van der Waals surface area contributed by atoms with Crippen LogP contribution < -0.4 is 5.32 Å². The third-order valence-corrected chi connectivity index (χ3v) is 6.22. The third-order valence-electron chi connectivity index (χ3n) is 4.96. The zero-order valence-electron chi connectivity index (χ0n) is 16.2. The van der Waals surface area contributed by atoms with Crippen LogP contribution >= 0.6 is 22.9 Å². The Labute approximate surface area is 183 Å². The summed E-state index contributed by atoms with van der Waals surface area (Å²) in [5.41, 5.74) is 1.27. The van der Waals surface area contributed by atoms with E-state index in [2.05, 4.69) is 25.3 Å². The Bertz CT molecular complexity index is 987. The SMILES string of the molecule is O=C(Nc1ccccc1)c1nnc(CN2CCN(Cc3c(F)cccc3Cl)CC2)s1. The molecule has 6 nitrogen and oxygen atoms in total. The molecule has 1 aromatic heterocycles. The van der Waals surface area contributed by atoms with E-state index in [1.54, 1.807) is 12.1 Å². The van der Waals surface area contributed by atoms with E-state index in [0.717, 1.165) is 36.9 Å². The van der Waals surface area contributed by atoms with Crippen molar-refractivity contribution in [3.8, 4) is 0 Å². The van der Waals surface area contributed by atoms with Gasteiger partial charge in [-0.25, -0.2) is 4.39 Å². The van der Waals surface area contributed by atoms with E-state index in [1.807, 2.05) is 30.3 Å². The molecule has 9 heteroatoms. The number of hydrogen-bond donors (Lipinski definition) is 1. The van der Waals surface area contributed by atoms with Gasteiger partial charge in [-0.15, -0.1) is 10.2 Å². The maximum atomic E-state index is 14.0. The maximum absolute atomic E-state index is 14.0. The maximum Gasteiger partial charge on any atom is 0.286 e. The van der Waals surface area contributed by atoms with Gasteiger partial charge in [0.2, 0.25) is 5.01 Å². The second kappa shape index (κ2) is 9.61. The first-order valence-corrected chi connectivity index (χ1v) is 10.8. The molecule has 0 saturated carbocycles. The van der Waals surface area contributed by atoms with Crippen LogP contribution in [0.25, 0.3) is 0 Å². The lowest BCUT2D eigenvalue weighted by molar-refractivity contribution is 0.102. The summed E-state index contributed by atoms with van der Waals surface area (Å²) in [5.74, 6) is -0.517.